The Hall–Kier alpha value is -2.94. The Morgan fingerprint density at radius 3 is 2.64 bits per heavy atom. The maximum atomic E-state index is 11.8. The number of hydrogen-bond acceptors (Lipinski definition) is 6. The number of ether oxygens (including phenoxy) is 1. The quantitative estimate of drug-likeness (QED) is 0.600. The summed E-state index contributed by atoms with van der Waals surface area (Å²) in [5.41, 5.74) is 2.92. The lowest BCUT2D eigenvalue weighted by atomic mass is 9.57. The molecule has 33 heavy (non-hydrogen) atoms. The molecular formula is C24H30N6O3. The Bertz CT molecular complexity index is 1180. The van der Waals surface area contributed by atoms with Crippen molar-refractivity contribution in [2.75, 3.05) is 11.9 Å². The molecule has 3 aromatic rings. The average molecular weight is 451 g/mol. The lowest BCUT2D eigenvalue weighted by Gasteiger charge is -2.51. The van der Waals surface area contributed by atoms with E-state index in [2.05, 4.69) is 23.3 Å². The zero-order valence-electron chi connectivity index (χ0n) is 19.0. The van der Waals surface area contributed by atoms with Gasteiger partial charge in [0.05, 0.1) is 11.6 Å². The van der Waals surface area contributed by atoms with Crippen molar-refractivity contribution in [1.82, 2.24) is 24.4 Å². The molecule has 4 aliphatic rings. The summed E-state index contributed by atoms with van der Waals surface area (Å²) in [7, 11) is 0. The first-order valence-corrected chi connectivity index (χ1v) is 12.0. The molecule has 0 aromatic carbocycles. The molecule has 9 nitrogen and oxygen atoms in total. The maximum absolute atomic E-state index is 11.8. The first kappa shape index (κ1) is 20.7. The number of carboxylic acids is 1. The van der Waals surface area contributed by atoms with Crippen LogP contribution in [0.2, 0.25) is 0 Å². The van der Waals surface area contributed by atoms with Crippen LogP contribution in [0.1, 0.15) is 69.7 Å². The highest BCUT2D eigenvalue weighted by molar-refractivity contribution is 5.75. The normalized spacial score (nSPS) is 29.4. The Morgan fingerprint density at radius 1 is 1.15 bits per heavy atom. The van der Waals surface area contributed by atoms with E-state index in [0.29, 0.717) is 0 Å². The molecule has 0 radical (unpaired) electrons. The summed E-state index contributed by atoms with van der Waals surface area (Å²) in [5, 5.41) is 23.0. The maximum Gasteiger partial charge on any atom is 0.309 e. The van der Waals surface area contributed by atoms with E-state index < -0.39 is 11.4 Å². The number of nitrogens with one attached hydrogen (secondary N) is 1. The van der Waals surface area contributed by atoms with Gasteiger partial charge in [-0.3, -0.25) is 4.79 Å². The molecule has 4 fully saturated rings. The van der Waals surface area contributed by atoms with Gasteiger partial charge in [-0.05, 0) is 82.9 Å². The summed E-state index contributed by atoms with van der Waals surface area (Å²) in [6, 6.07) is 6.00. The van der Waals surface area contributed by atoms with Crippen LogP contribution < -0.4 is 5.32 Å². The van der Waals surface area contributed by atoms with E-state index in [1.54, 1.807) is 0 Å². The molecule has 1 unspecified atom stereocenters. The SMILES string of the molecule is Cc1cc(-c2cnc3ccc(NC45CCC(C(=O)O)(CC4)CC5)nn23)nn1C1CCCCO1. The highest BCUT2D eigenvalue weighted by Crippen LogP contribution is 2.53. The second kappa shape index (κ2) is 7.55. The molecule has 3 saturated carbocycles. The molecule has 3 aromatic heterocycles. The van der Waals surface area contributed by atoms with Gasteiger partial charge in [0.1, 0.15) is 23.4 Å². The van der Waals surface area contributed by atoms with Crippen LogP contribution in [0, 0.1) is 12.3 Å². The third kappa shape index (κ3) is 3.40. The molecule has 2 N–H and O–H groups in total. The van der Waals surface area contributed by atoms with Crippen LogP contribution in [-0.4, -0.2) is 47.6 Å². The van der Waals surface area contributed by atoms with E-state index in [1.165, 1.54) is 0 Å². The van der Waals surface area contributed by atoms with E-state index in [0.717, 1.165) is 92.9 Å². The second-order valence-electron chi connectivity index (χ2n) is 10.1. The average Bonchev–Trinajstić information content (AvgIpc) is 3.43. The van der Waals surface area contributed by atoms with Crippen molar-refractivity contribution in [2.45, 2.75) is 76.5 Å². The number of aliphatic carboxylic acids is 1. The van der Waals surface area contributed by atoms with Crippen molar-refractivity contribution in [3.05, 3.63) is 30.1 Å². The summed E-state index contributed by atoms with van der Waals surface area (Å²) in [5.74, 6) is 0.157. The highest BCUT2D eigenvalue weighted by Gasteiger charge is 2.52. The van der Waals surface area contributed by atoms with Crippen molar-refractivity contribution >= 4 is 17.4 Å². The first-order chi connectivity index (χ1) is 16.0. The molecule has 174 valence electrons. The fourth-order valence-electron chi connectivity index (χ4n) is 5.90. The van der Waals surface area contributed by atoms with Crippen molar-refractivity contribution in [3.63, 3.8) is 0 Å². The van der Waals surface area contributed by atoms with E-state index in [-0.39, 0.29) is 11.8 Å². The number of rotatable bonds is 5. The van der Waals surface area contributed by atoms with Gasteiger partial charge in [-0.25, -0.2) is 14.2 Å². The third-order valence-corrected chi connectivity index (χ3v) is 8.07. The predicted octanol–water partition coefficient (Wildman–Crippen LogP) is 4.19. The summed E-state index contributed by atoms with van der Waals surface area (Å²) < 4.78 is 9.76. The molecule has 7 rings (SSSR count). The van der Waals surface area contributed by atoms with Gasteiger partial charge < -0.3 is 15.2 Å². The Labute approximate surface area is 192 Å². The van der Waals surface area contributed by atoms with Gasteiger partial charge >= 0.3 is 5.97 Å². The van der Waals surface area contributed by atoms with Crippen molar-refractivity contribution in [3.8, 4) is 11.4 Å². The van der Waals surface area contributed by atoms with E-state index in [4.69, 9.17) is 14.9 Å². The first-order valence-electron chi connectivity index (χ1n) is 12.0. The minimum absolute atomic E-state index is 0.00787. The Kier molecular flexibility index (Phi) is 4.72. The van der Waals surface area contributed by atoms with Gasteiger partial charge in [-0.2, -0.15) is 5.10 Å². The standard InChI is InChI=1S/C24H30N6O3/c1-16-14-17(27-29(16)21-4-2-3-13-33-21)18-15-25-20-6-5-19(28-30(18)20)26-24-10-7-23(8-11-24,9-12-24)22(31)32/h5-6,14-15,21H,2-4,7-13H2,1H3,(H,26,28)(H,31,32). The summed E-state index contributed by atoms with van der Waals surface area (Å²) in [6.45, 7) is 2.83. The van der Waals surface area contributed by atoms with Crippen LogP contribution in [0.4, 0.5) is 5.82 Å². The largest absolute Gasteiger partial charge is 0.481 e. The number of carboxylic acid groups (broad SMARTS) is 1. The zero-order chi connectivity index (χ0) is 22.6. The van der Waals surface area contributed by atoms with Crippen LogP contribution in [0.5, 0.6) is 0 Å². The number of aromatic nitrogens is 5. The molecule has 2 bridgehead atoms. The van der Waals surface area contributed by atoms with E-state index in [1.807, 2.05) is 27.5 Å². The second-order valence-corrected chi connectivity index (χ2v) is 10.1. The third-order valence-electron chi connectivity index (χ3n) is 8.07. The molecule has 3 aliphatic carbocycles. The lowest BCUT2D eigenvalue weighted by molar-refractivity contribution is -0.155. The highest BCUT2D eigenvalue weighted by atomic mass is 16.5. The molecule has 9 heteroatoms. The van der Waals surface area contributed by atoms with Crippen LogP contribution >= 0.6 is 0 Å². The van der Waals surface area contributed by atoms with Gasteiger partial charge in [-0.1, -0.05) is 0 Å². The van der Waals surface area contributed by atoms with Crippen LogP contribution in [0.25, 0.3) is 17.0 Å². The minimum atomic E-state index is -0.633. The van der Waals surface area contributed by atoms with Crippen molar-refractivity contribution in [2.24, 2.45) is 5.41 Å². The van der Waals surface area contributed by atoms with Crippen LogP contribution in [0.15, 0.2) is 24.4 Å². The zero-order valence-corrected chi connectivity index (χ0v) is 19.0. The summed E-state index contributed by atoms with van der Waals surface area (Å²) in [6.07, 6.45) is 9.83. The predicted molar refractivity (Wildman–Crippen MR) is 122 cm³/mol. The topological polar surface area (TPSA) is 107 Å². The Morgan fingerprint density at radius 2 is 1.94 bits per heavy atom. The number of carbonyl (C=O) groups is 1. The number of anilines is 1. The summed E-state index contributed by atoms with van der Waals surface area (Å²) >= 11 is 0. The van der Waals surface area contributed by atoms with Gasteiger partial charge in [0.25, 0.3) is 0 Å². The van der Waals surface area contributed by atoms with Crippen molar-refractivity contribution < 1.29 is 14.6 Å². The van der Waals surface area contributed by atoms with Crippen molar-refractivity contribution in [1.29, 1.82) is 0 Å². The van der Waals surface area contributed by atoms with Crippen LogP contribution in [0.3, 0.4) is 0 Å². The molecule has 1 saturated heterocycles. The number of aryl methyl sites for hydroxylation is 1. The molecular weight excluding hydrogens is 420 g/mol. The number of nitrogens with zero attached hydrogens (tertiary/aromatic N) is 5. The molecule has 0 spiro atoms. The lowest BCUT2D eigenvalue weighted by Crippen LogP contribution is -2.53. The van der Waals surface area contributed by atoms with E-state index >= 15 is 0 Å². The molecule has 4 heterocycles. The van der Waals surface area contributed by atoms with Gasteiger partial charge in [-0.15, -0.1) is 5.10 Å². The molecule has 1 atom stereocenters. The fraction of sp³-hybridized carbons (Fsp3) is 0.583. The van der Waals surface area contributed by atoms with Gasteiger partial charge in [0.2, 0.25) is 0 Å². The fourth-order valence-corrected chi connectivity index (χ4v) is 5.90. The van der Waals surface area contributed by atoms with E-state index in [9.17, 15) is 9.90 Å². The number of hydrogen-bond donors (Lipinski definition) is 2. The van der Waals surface area contributed by atoms with Crippen LogP contribution in [-0.2, 0) is 9.53 Å². The smallest absolute Gasteiger partial charge is 0.309 e. The summed E-state index contributed by atoms with van der Waals surface area (Å²) in [4.78, 5) is 16.3. The minimum Gasteiger partial charge on any atom is -0.481 e. The monoisotopic (exact) mass is 450 g/mol. The van der Waals surface area contributed by atoms with Gasteiger partial charge in [0.15, 0.2) is 5.65 Å². The number of imidazole rings is 1. The molecule has 1 aliphatic heterocycles. The Balaban J connectivity index is 1.28. The molecule has 0 amide bonds. The van der Waals surface area contributed by atoms with Gasteiger partial charge in [0, 0.05) is 17.8 Å². The number of fused-ring (bicyclic) bond motifs is 4.